The van der Waals surface area contributed by atoms with Crippen molar-refractivity contribution >= 4 is 5.97 Å². The van der Waals surface area contributed by atoms with Gasteiger partial charge in [-0.25, -0.2) is 0 Å². The molecule has 0 aromatic rings. The number of unbranched alkanes of at least 4 members (excludes halogenated alkanes) is 10. The fourth-order valence-electron chi connectivity index (χ4n) is 2.59. The van der Waals surface area contributed by atoms with Crippen LogP contribution in [0, 0.1) is 0 Å². The summed E-state index contributed by atoms with van der Waals surface area (Å²) in [5, 5.41) is 0. The molecule has 1 atom stereocenters. The average molecular weight is 314 g/mol. The van der Waals surface area contributed by atoms with Gasteiger partial charge in [0.15, 0.2) is 0 Å². The predicted molar refractivity (Wildman–Crippen MR) is 94.9 cm³/mol. The summed E-state index contributed by atoms with van der Waals surface area (Å²) in [4.78, 5) is 12.0. The van der Waals surface area contributed by atoms with Gasteiger partial charge in [-0.05, 0) is 19.8 Å². The molecule has 3 nitrogen and oxygen atoms in total. The van der Waals surface area contributed by atoms with Crippen LogP contribution in [0.1, 0.15) is 104 Å². The molecule has 0 aliphatic heterocycles. The van der Waals surface area contributed by atoms with Crippen LogP contribution in [0.15, 0.2) is 0 Å². The largest absolute Gasteiger partial charge is 0.464 e. The second-order valence-electron chi connectivity index (χ2n) is 6.84. The number of ether oxygens (including phenoxy) is 1. The van der Waals surface area contributed by atoms with Crippen molar-refractivity contribution in [1.29, 1.82) is 0 Å². The van der Waals surface area contributed by atoms with Gasteiger partial charge in [0.1, 0.15) is 5.54 Å². The molecule has 0 aliphatic rings. The van der Waals surface area contributed by atoms with Crippen LogP contribution in [0.2, 0.25) is 0 Å². The Kier molecular flexibility index (Phi) is 13.7. The molecule has 0 saturated heterocycles. The van der Waals surface area contributed by atoms with Gasteiger partial charge < -0.3 is 10.5 Å². The molecular formula is C19H39NO2. The molecule has 0 unspecified atom stereocenters. The van der Waals surface area contributed by atoms with Crippen LogP contribution in [0.5, 0.6) is 0 Å². The Labute approximate surface area is 138 Å². The van der Waals surface area contributed by atoms with Gasteiger partial charge in [-0.15, -0.1) is 0 Å². The van der Waals surface area contributed by atoms with E-state index in [4.69, 9.17) is 10.5 Å². The summed E-state index contributed by atoms with van der Waals surface area (Å²) in [5.74, 6) is -0.230. The first-order chi connectivity index (χ1) is 10.5. The van der Waals surface area contributed by atoms with Crippen LogP contribution in [-0.4, -0.2) is 18.1 Å². The molecule has 0 rings (SSSR count). The fraction of sp³-hybridized carbons (Fsp3) is 0.947. The summed E-state index contributed by atoms with van der Waals surface area (Å²) < 4.78 is 5.35. The lowest BCUT2D eigenvalue weighted by atomic mass is 9.95. The van der Waals surface area contributed by atoms with Crippen molar-refractivity contribution in [3.05, 3.63) is 0 Å². The van der Waals surface area contributed by atoms with Crippen LogP contribution in [-0.2, 0) is 9.53 Å². The number of carbonyl (C=O) groups is 1. The number of rotatable bonds is 15. The average Bonchev–Trinajstić information content (AvgIpc) is 2.49. The fourth-order valence-corrected chi connectivity index (χ4v) is 2.59. The molecule has 0 aromatic heterocycles. The van der Waals surface area contributed by atoms with Crippen LogP contribution in [0.3, 0.4) is 0 Å². The van der Waals surface area contributed by atoms with Gasteiger partial charge in [0.25, 0.3) is 0 Å². The Morgan fingerprint density at radius 1 is 0.818 bits per heavy atom. The summed E-state index contributed by atoms with van der Waals surface area (Å²) in [7, 11) is 0. The van der Waals surface area contributed by atoms with Gasteiger partial charge in [0, 0.05) is 0 Å². The highest BCUT2D eigenvalue weighted by atomic mass is 16.5. The Morgan fingerprint density at radius 2 is 1.27 bits per heavy atom. The number of carbonyl (C=O) groups excluding carboxylic acids is 1. The van der Waals surface area contributed by atoms with Gasteiger partial charge >= 0.3 is 5.97 Å². The minimum Gasteiger partial charge on any atom is -0.464 e. The standard InChI is InChI=1S/C19H39NO2/c1-4-6-8-10-11-12-13-15-17-22-18(21)19(3,20)16-14-9-7-5-2/h4-17,20H2,1-3H3/t19-/m1/s1. The summed E-state index contributed by atoms with van der Waals surface area (Å²) in [6.45, 7) is 6.74. The maximum absolute atomic E-state index is 12.0. The first-order valence-corrected chi connectivity index (χ1v) is 9.50. The van der Waals surface area contributed by atoms with E-state index in [1.54, 1.807) is 6.92 Å². The second kappa shape index (κ2) is 14.0. The highest BCUT2D eigenvalue weighted by Crippen LogP contribution is 2.15. The first-order valence-electron chi connectivity index (χ1n) is 9.50. The van der Waals surface area contributed by atoms with E-state index in [2.05, 4.69) is 13.8 Å². The van der Waals surface area contributed by atoms with E-state index < -0.39 is 5.54 Å². The Balaban J connectivity index is 3.54. The number of nitrogens with two attached hydrogens (primary N) is 1. The molecule has 0 aliphatic carbocycles. The molecule has 0 amide bonds. The highest BCUT2D eigenvalue weighted by molar-refractivity contribution is 5.79. The van der Waals surface area contributed by atoms with Gasteiger partial charge in [-0.2, -0.15) is 0 Å². The number of hydrogen-bond acceptors (Lipinski definition) is 3. The SMILES string of the molecule is CCCCCCCCCCOC(=O)[C@](C)(N)CCCCCC. The molecule has 22 heavy (non-hydrogen) atoms. The van der Waals surface area contributed by atoms with Gasteiger partial charge in [0.05, 0.1) is 6.61 Å². The lowest BCUT2D eigenvalue weighted by molar-refractivity contribution is -0.150. The normalized spacial score (nSPS) is 13.8. The Morgan fingerprint density at radius 3 is 1.82 bits per heavy atom. The Hall–Kier alpha value is -0.570. The zero-order valence-corrected chi connectivity index (χ0v) is 15.3. The van der Waals surface area contributed by atoms with Crippen LogP contribution >= 0.6 is 0 Å². The minimum atomic E-state index is -0.812. The lowest BCUT2D eigenvalue weighted by Crippen LogP contribution is -2.46. The molecule has 0 bridgehead atoms. The third-order valence-electron chi connectivity index (χ3n) is 4.25. The van der Waals surface area contributed by atoms with Crippen molar-refractivity contribution in [2.45, 2.75) is 110 Å². The van der Waals surface area contributed by atoms with Crippen LogP contribution in [0.4, 0.5) is 0 Å². The third-order valence-corrected chi connectivity index (χ3v) is 4.25. The molecule has 0 heterocycles. The van der Waals surface area contributed by atoms with E-state index in [1.165, 1.54) is 51.4 Å². The quantitative estimate of drug-likeness (QED) is 0.327. The smallest absolute Gasteiger partial charge is 0.325 e. The van der Waals surface area contributed by atoms with Crippen LogP contribution < -0.4 is 5.73 Å². The molecule has 0 spiro atoms. The van der Waals surface area contributed by atoms with E-state index in [-0.39, 0.29) is 5.97 Å². The molecule has 3 heteroatoms. The maximum atomic E-state index is 12.0. The van der Waals surface area contributed by atoms with E-state index in [0.29, 0.717) is 6.61 Å². The van der Waals surface area contributed by atoms with Gasteiger partial charge in [-0.1, -0.05) is 84.5 Å². The summed E-state index contributed by atoms with van der Waals surface area (Å²) in [6, 6.07) is 0. The number of hydrogen-bond donors (Lipinski definition) is 1. The van der Waals surface area contributed by atoms with Gasteiger partial charge in [-0.3, -0.25) is 4.79 Å². The Bertz CT molecular complexity index is 264. The van der Waals surface area contributed by atoms with Crippen molar-refractivity contribution in [2.24, 2.45) is 5.73 Å². The molecule has 0 fully saturated rings. The predicted octanol–water partition coefficient (Wildman–Crippen LogP) is 5.36. The molecule has 132 valence electrons. The zero-order valence-electron chi connectivity index (χ0n) is 15.3. The van der Waals surface area contributed by atoms with E-state index >= 15 is 0 Å². The molecular weight excluding hydrogens is 274 g/mol. The molecule has 0 radical (unpaired) electrons. The summed E-state index contributed by atoms with van der Waals surface area (Å²) in [6.07, 6.45) is 15.3. The molecule has 0 aromatic carbocycles. The topological polar surface area (TPSA) is 52.3 Å². The molecule has 2 N–H and O–H groups in total. The monoisotopic (exact) mass is 313 g/mol. The summed E-state index contributed by atoms with van der Waals surface area (Å²) >= 11 is 0. The van der Waals surface area contributed by atoms with Crippen molar-refractivity contribution in [3.63, 3.8) is 0 Å². The second-order valence-corrected chi connectivity index (χ2v) is 6.84. The maximum Gasteiger partial charge on any atom is 0.325 e. The van der Waals surface area contributed by atoms with Crippen LogP contribution in [0.25, 0.3) is 0 Å². The van der Waals surface area contributed by atoms with Crippen molar-refractivity contribution < 1.29 is 9.53 Å². The van der Waals surface area contributed by atoms with Crippen molar-refractivity contribution in [3.8, 4) is 0 Å². The molecule has 0 saturated carbocycles. The number of esters is 1. The van der Waals surface area contributed by atoms with Gasteiger partial charge in [0.2, 0.25) is 0 Å². The van der Waals surface area contributed by atoms with E-state index in [9.17, 15) is 4.79 Å². The van der Waals surface area contributed by atoms with Crippen molar-refractivity contribution in [2.75, 3.05) is 6.61 Å². The first kappa shape index (κ1) is 21.4. The van der Waals surface area contributed by atoms with E-state index in [1.807, 2.05) is 0 Å². The van der Waals surface area contributed by atoms with Crippen molar-refractivity contribution in [1.82, 2.24) is 0 Å². The third kappa shape index (κ3) is 12.0. The van der Waals surface area contributed by atoms with E-state index in [0.717, 1.165) is 32.1 Å². The minimum absolute atomic E-state index is 0.230. The summed E-state index contributed by atoms with van der Waals surface area (Å²) in [5.41, 5.74) is 5.27. The lowest BCUT2D eigenvalue weighted by Gasteiger charge is -2.22. The zero-order chi connectivity index (χ0) is 16.7. The highest BCUT2D eigenvalue weighted by Gasteiger charge is 2.29.